The molecule has 1 saturated heterocycles. The SMILES string of the molecule is Cc1ncc(-c2ccc3ncc(N4CCN(C)CC4)nc3c2)cc1NS(=O)(=O)c1ccc(F)cc1F. The van der Waals surface area contributed by atoms with E-state index in [1.165, 1.54) is 0 Å². The molecule has 4 aromatic rings. The molecule has 186 valence electrons. The monoisotopic (exact) mass is 510 g/mol. The maximum absolute atomic E-state index is 14.1. The lowest BCUT2D eigenvalue weighted by Gasteiger charge is -2.33. The number of aromatic nitrogens is 3. The van der Waals surface area contributed by atoms with E-state index >= 15 is 0 Å². The van der Waals surface area contributed by atoms with Crippen LogP contribution < -0.4 is 9.62 Å². The fraction of sp³-hybridized carbons (Fsp3) is 0.240. The summed E-state index contributed by atoms with van der Waals surface area (Å²) < 4.78 is 55.3. The van der Waals surface area contributed by atoms with Gasteiger partial charge in [-0.05, 0) is 49.9 Å². The van der Waals surface area contributed by atoms with E-state index < -0.39 is 26.6 Å². The number of halogens is 2. The summed E-state index contributed by atoms with van der Waals surface area (Å²) in [5, 5.41) is 0. The van der Waals surface area contributed by atoms with Gasteiger partial charge in [-0.15, -0.1) is 0 Å². The van der Waals surface area contributed by atoms with Crippen LogP contribution in [0.3, 0.4) is 0 Å². The van der Waals surface area contributed by atoms with E-state index in [-0.39, 0.29) is 5.69 Å². The van der Waals surface area contributed by atoms with E-state index in [1.807, 2.05) is 18.2 Å². The van der Waals surface area contributed by atoms with Gasteiger partial charge in [-0.2, -0.15) is 0 Å². The van der Waals surface area contributed by atoms with Gasteiger partial charge in [-0.25, -0.2) is 22.2 Å². The predicted octanol–water partition coefficient (Wildman–Crippen LogP) is 3.83. The number of pyridine rings is 1. The van der Waals surface area contributed by atoms with E-state index in [9.17, 15) is 17.2 Å². The Hall–Kier alpha value is -3.70. The molecule has 2 aromatic heterocycles. The summed E-state index contributed by atoms with van der Waals surface area (Å²) >= 11 is 0. The van der Waals surface area contributed by atoms with Gasteiger partial charge in [0.05, 0.1) is 28.6 Å². The first-order valence-corrected chi connectivity index (χ1v) is 12.8. The molecule has 36 heavy (non-hydrogen) atoms. The molecule has 5 rings (SSSR count). The number of likely N-dealkylation sites (N-methyl/N-ethyl adjacent to an activating group) is 1. The molecular weight excluding hydrogens is 486 g/mol. The van der Waals surface area contributed by atoms with E-state index in [1.54, 1.807) is 25.4 Å². The summed E-state index contributed by atoms with van der Waals surface area (Å²) in [5.74, 6) is -1.22. The van der Waals surface area contributed by atoms with Gasteiger partial charge in [0.25, 0.3) is 10.0 Å². The van der Waals surface area contributed by atoms with Crippen molar-refractivity contribution in [2.45, 2.75) is 11.8 Å². The summed E-state index contributed by atoms with van der Waals surface area (Å²) in [6.45, 7) is 5.29. The highest BCUT2D eigenvalue weighted by Gasteiger charge is 2.21. The lowest BCUT2D eigenvalue weighted by molar-refractivity contribution is 0.312. The number of piperazine rings is 1. The van der Waals surface area contributed by atoms with Crippen LogP contribution in [0.5, 0.6) is 0 Å². The molecular formula is C25H24F2N6O2S. The number of benzene rings is 2. The van der Waals surface area contributed by atoms with Gasteiger partial charge in [-0.1, -0.05) is 6.07 Å². The Kier molecular flexibility index (Phi) is 6.27. The topological polar surface area (TPSA) is 91.3 Å². The largest absolute Gasteiger partial charge is 0.353 e. The second-order valence-corrected chi connectivity index (χ2v) is 10.4. The summed E-state index contributed by atoms with van der Waals surface area (Å²) in [7, 11) is -2.21. The molecule has 0 spiro atoms. The van der Waals surface area contributed by atoms with Gasteiger partial charge in [0, 0.05) is 44.0 Å². The number of hydrogen-bond donors (Lipinski definition) is 1. The zero-order chi connectivity index (χ0) is 25.4. The molecule has 1 aliphatic rings. The minimum Gasteiger partial charge on any atom is -0.353 e. The third kappa shape index (κ3) is 4.84. The Morgan fingerprint density at radius 2 is 1.67 bits per heavy atom. The van der Waals surface area contributed by atoms with Crippen molar-refractivity contribution in [3.63, 3.8) is 0 Å². The maximum Gasteiger partial charge on any atom is 0.264 e. The molecule has 0 atom stereocenters. The van der Waals surface area contributed by atoms with E-state index in [4.69, 9.17) is 4.98 Å². The highest BCUT2D eigenvalue weighted by molar-refractivity contribution is 7.92. The first-order chi connectivity index (χ1) is 17.2. The second kappa shape index (κ2) is 9.40. The Bertz CT molecular complexity index is 1560. The van der Waals surface area contributed by atoms with Crippen LogP contribution in [-0.4, -0.2) is 61.5 Å². The van der Waals surface area contributed by atoms with Crippen LogP contribution in [0.15, 0.2) is 59.8 Å². The Morgan fingerprint density at radius 3 is 2.42 bits per heavy atom. The molecule has 0 unspecified atom stereocenters. The fourth-order valence-corrected chi connectivity index (χ4v) is 5.23. The average Bonchev–Trinajstić information content (AvgIpc) is 2.85. The van der Waals surface area contributed by atoms with Gasteiger partial charge in [-0.3, -0.25) is 14.7 Å². The van der Waals surface area contributed by atoms with E-state index in [2.05, 4.69) is 31.5 Å². The standard InChI is InChI=1S/C25H24F2N6O2S/c1-16-22(31-36(34,35)24-6-4-19(26)13-20(24)27)12-18(14-28-16)17-3-5-21-23(11-17)30-25(15-29-21)33-9-7-32(2)8-10-33/h3-6,11-15,31H,7-10H2,1-2H3. The highest BCUT2D eigenvalue weighted by atomic mass is 32.2. The Morgan fingerprint density at radius 1 is 0.889 bits per heavy atom. The highest BCUT2D eigenvalue weighted by Crippen LogP contribution is 2.29. The molecule has 0 radical (unpaired) electrons. The summed E-state index contributed by atoms with van der Waals surface area (Å²) in [6, 6.07) is 9.53. The van der Waals surface area contributed by atoms with Gasteiger partial charge < -0.3 is 9.80 Å². The molecule has 3 heterocycles. The van der Waals surface area contributed by atoms with E-state index in [0.717, 1.165) is 55.2 Å². The first-order valence-electron chi connectivity index (χ1n) is 11.3. The van der Waals surface area contributed by atoms with Crippen molar-refractivity contribution in [2.75, 3.05) is 42.8 Å². The van der Waals surface area contributed by atoms with Gasteiger partial charge in [0.2, 0.25) is 0 Å². The number of aryl methyl sites for hydroxylation is 1. The van der Waals surface area contributed by atoms with Crippen molar-refractivity contribution >= 4 is 32.6 Å². The Balaban J connectivity index is 1.46. The van der Waals surface area contributed by atoms with Crippen molar-refractivity contribution in [3.05, 3.63) is 72.2 Å². The third-order valence-corrected chi connectivity index (χ3v) is 7.60. The lowest BCUT2D eigenvalue weighted by atomic mass is 10.1. The molecule has 2 aromatic carbocycles. The molecule has 1 aliphatic heterocycles. The minimum atomic E-state index is -4.30. The molecule has 1 N–H and O–H groups in total. The lowest BCUT2D eigenvalue weighted by Crippen LogP contribution is -2.44. The minimum absolute atomic E-state index is 0.189. The van der Waals surface area contributed by atoms with Crippen molar-refractivity contribution < 1.29 is 17.2 Å². The number of rotatable bonds is 5. The molecule has 0 bridgehead atoms. The number of fused-ring (bicyclic) bond motifs is 1. The Labute approximate surface area is 207 Å². The quantitative estimate of drug-likeness (QED) is 0.436. The van der Waals surface area contributed by atoms with Crippen molar-refractivity contribution in [1.82, 2.24) is 19.9 Å². The third-order valence-electron chi connectivity index (χ3n) is 6.20. The molecule has 0 saturated carbocycles. The number of hydrogen-bond acceptors (Lipinski definition) is 7. The zero-order valence-corrected chi connectivity index (χ0v) is 20.6. The van der Waals surface area contributed by atoms with Crippen LogP contribution in [-0.2, 0) is 10.0 Å². The van der Waals surface area contributed by atoms with Crippen LogP contribution in [0.4, 0.5) is 20.3 Å². The molecule has 1 fully saturated rings. The van der Waals surface area contributed by atoms with Gasteiger partial charge in [0.1, 0.15) is 22.3 Å². The van der Waals surface area contributed by atoms with E-state index in [0.29, 0.717) is 22.8 Å². The van der Waals surface area contributed by atoms with Crippen LogP contribution in [0.2, 0.25) is 0 Å². The first kappa shape index (κ1) is 24.0. The average molecular weight is 511 g/mol. The van der Waals surface area contributed by atoms with Crippen molar-refractivity contribution in [1.29, 1.82) is 0 Å². The molecule has 8 nitrogen and oxygen atoms in total. The maximum atomic E-state index is 14.1. The normalized spacial score (nSPS) is 14.8. The van der Waals surface area contributed by atoms with Crippen LogP contribution in [0.25, 0.3) is 22.2 Å². The predicted molar refractivity (Wildman–Crippen MR) is 134 cm³/mol. The van der Waals surface area contributed by atoms with Gasteiger partial charge >= 0.3 is 0 Å². The zero-order valence-electron chi connectivity index (χ0n) is 19.7. The fourth-order valence-electron chi connectivity index (χ4n) is 4.06. The van der Waals surface area contributed by atoms with Gasteiger partial charge in [0.15, 0.2) is 0 Å². The van der Waals surface area contributed by atoms with Crippen LogP contribution >= 0.6 is 0 Å². The summed E-state index contributed by atoms with van der Waals surface area (Å²) in [6.07, 6.45) is 3.41. The second-order valence-electron chi connectivity index (χ2n) is 8.76. The van der Waals surface area contributed by atoms with Crippen molar-refractivity contribution in [2.24, 2.45) is 0 Å². The summed E-state index contributed by atoms with van der Waals surface area (Å²) in [5.41, 5.74) is 3.46. The molecule has 11 heteroatoms. The molecule has 0 amide bonds. The smallest absolute Gasteiger partial charge is 0.264 e. The van der Waals surface area contributed by atoms with Crippen molar-refractivity contribution in [3.8, 4) is 11.1 Å². The number of sulfonamides is 1. The number of anilines is 2. The summed E-state index contributed by atoms with van der Waals surface area (Å²) in [4.78, 5) is 17.5. The number of nitrogens with one attached hydrogen (secondary N) is 1. The number of nitrogens with zero attached hydrogens (tertiary/aromatic N) is 5. The molecule has 0 aliphatic carbocycles. The van der Waals surface area contributed by atoms with Crippen LogP contribution in [0, 0.1) is 18.6 Å². The van der Waals surface area contributed by atoms with Crippen LogP contribution in [0.1, 0.15) is 5.69 Å².